The van der Waals surface area contributed by atoms with E-state index in [2.05, 4.69) is 5.32 Å². The molecule has 26 heavy (non-hydrogen) atoms. The number of hydrogen-bond donors (Lipinski definition) is 1. The third-order valence-corrected chi connectivity index (χ3v) is 5.58. The van der Waals surface area contributed by atoms with Crippen molar-refractivity contribution < 1.29 is 13.2 Å². The highest BCUT2D eigenvalue weighted by Crippen LogP contribution is 2.26. The third-order valence-electron chi connectivity index (χ3n) is 4.17. The standard InChI is InChI=1S/C19H23ClN2O3S/c1-5-18(19(23)21-16-8-6-7-15(20)12-16)22(26(4,24)25)17-10-9-13(2)14(3)11-17/h6-12,18H,5H2,1-4H3,(H,21,23). The van der Waals surface area contributed by atoms with E-state index in [-0.39, 0.29) is 0 Å². The molecule has 1 N–H and O–H groups in total. The van der Waals surface area contributed by atoms with Crippen LogP contribution >= 0.6 is 11.6 Å². The Morgan fingerprint density at radius 3 is 2.38 bits per heavy atom. The van der Waals surface area contributed by atoms with Crippen molar-refractivity contribution in [3.8, 4) is 0 Å². The number of carbonyl (C=O) groups is 1. The minimum absolute atomic E-state index is 0.326. The van der Waals surface area contributed by atoms with Crippen LogP contribution in [0.1, 0.15) is 24.5 Å². The van der Waals surface area contributed by atoms with Gasteiger partial charge in [0.15, 0.2) is 0 Å². The van der Waals surface area contributed by atoms with Crippen LogP contribution in [-0.2, 0) is 14.8 Å². The Balaban J connectivity index is 2.40. The normalized spacial score (nSPS) is 12.5. The second-order valence-electron chi connectivity index (χ2n) is 6.25. The van der Waals surface area contributed by atoms with Gasteiger partial charge >= 0.3 is 0 Å². The first-order chi connectivity index (χ1) is 12.1. The number of hydrogen-bond acceptors (Lipinski definition) is 3. The molecular formula is C19H23ClN2O3S. The van der Waals surface area contributed by atoms with Crippen molar-refractivity contribution in [2.24, 2.45) is 0 Å². The number of benzene rings is 2. The number of nitrogens with zero attached hydrogens (tertiary/aromatic N) is 1. The summed E-state index contributed by atoms with van der Waals surface area (Å²) >= 11 is 5.95. The number of amides is 1. The van der Waals surface area contributed by atoms with Crippen LogP contribution in [0.15, 0.2) is 42.5 Å². The van der Waals surface area contributed by atoms with Crippen LogP contribution in [0.4, 0.5) is 11.4 Å². The van der Waals surface area contributed by atoms with Crippen LogP contribution in [0.5, 0.6) is 0 Å². The molecule has 0 radical (unpaired) electrons. The van der Waals surface area contributed by atoms with Gasteiger partial charge in [0.1, 0.15) is 6.04 Å². The topological polar surface area (TPSA) is 66.5 Å². The van der Waals surface area contributed by atoms with Gasteiger partial charge in [0.25, 0.3) is 0 Å². The van der Waals surface area contributed by atoms with Gasteiger partial charge in [-0.3, -0.25) is 9.10 Å². The molecule has 1 amide bonds. The van der Waals surface area contributed by atoms with Crippen LogP contribution in [0.3, 0.4) is 0 Å². The minimum Gasteiger partial charge on any atom is -0.324 e. The van der Waals surface area contributed by atoms with Crippen molar-refractivity contribution >= 4 is 38.9 Å². The molecule has 0 saturated carbocycles. The van der Waals surface area contributed by atoms with Crippen LogP contribution in [-0.4, -0.2) is 26.6 Å². The zero-order chi connectivity index (χ0) is 19.5. The molecule has 1 unspecified atom stereocenters. The van der Waals surface area contributed by atoms with E-state index in [9.17, 15) is 13.2 Å². The molecule has 0 fully saturated rings. The van der Waals surface area contributed by atoms with E-state index in [0.29, 0.717) is 22.8 Å². The lowest BCUT2D eigenvalue weighted by Gasteiger charge is -2.30. The Morgan fingerprint density at radius 1 is 1.15 bits per heavy atom. The lowest BCUT2D eigenvalue weighted by molar-refractivity contribution is -0.117. The van der Waals surface area contributed by atoms with Gasteiger partial charge in [-0.1, -0.05) is 30.7 Å². The van der Waals surface area contributed by atoms with Crippen LogP contribution < -0.4 is 9.62 Å². The summed E-state index contributed by atoms with van der Waals surface area (Å²) in [6.45, 7) is 5.64. The summed E-state index contributed by atoms with van der Waals surface area (Å²) in [4.78, 5) is 12.8. The Labute approximate surface area is 160 Å². The molecule has 0 saturated heterocycles. The van der Waals surface area contributed by atoms with Crippen molar-refractivity contribution in [3.05, 3.63) is 58.6 Å². The maximum atomic E-state index is 12.8. The summed E-state index contributed by atoms with van der Waals surface area (Å²) in [5.74, 6) is -0.404. The molecule has 0 aliphatic heterocycles. The van der Waals surface area contributed by atoms with E-state index in [0.717, 1.165) is 17.4 Å². The highest BCUT2D eigenvalue weighted by atomic mass is 35.5. The number of rotatable bonds is 6. The van der Waals surface area contributed by atoms with Gasteiger partial charge in [0.05, 0.1) is 11.9 Å². The molecule has 2 aromatic rings. The van der Waals surface area contributed by atoms with Crippen molar-refractivity contribution in [2.75, 3.05) is 15.9 Å². The first-order valence-electron chi connectivity index (χ1n) is 8.26. The predicted molar refractivity (Wildman–Crippen MR) is 107 cm³/mol. The molecule has 2 rings (SSSR count). The number of aryl methyl sites for hydroxylation is 2. The van der Waals surface area contributed by atoms with Crippen LogP contribution in [0.25, 0.3) is 0 Å². The highest BCUT2D eigenvalue weighted by molar-refractivity contribution is 7.92. The fourth-order valence-electron chi connectivity index (χ4n) is 2.71. The maximum Gasteiger partial charge on any atom is 0.248 e. The van der Waals surface area contributed by atoms with E-state index in [1.54, 1.807) is 43.3 Å². The Kier molecular flexibility index (Phi) is 6.31. The zero-order valence-corrected chi connectivity index (χ0v) is 16.9. The maximum absolute atomic E-state index is 12.8. The molecule has 7 heteroatoms. The van der Waals surface area contributed by atoms with E-state index in [4.69, 9.17) is 11.6 Å². The molecule has 0 aliphatic carbocycles. The third kappa shape index (κ3) is 4.77. The number of sulfonamides is 1. The molecule has 2 aromatic carbocycles. The number of nitrogens with one attached hydrogen (secondary N) is 1. The van der Waals surface area contributed by atoms with E-state index in [1.807, 2.05) is 19.9 Å². The molecule has 1 atom stereocenters. The van der Waals surface area contributed by atoms with Gasteiger partial charge < -0.3 is 5.32 Å². The predicted octanol–water partition coefficient (Wildman–Crippen LogP) is 4.14. The summed E-state index contributed by atoms with van der Waals surface area (Å²) in [6.07, 6.45) is 1.43. The Morgan fingerprint density at radius 2 is 1.85 bits per heavy atom. The van der Waals surface area contributed by atoms with E-state index < -0.39 is 22.0 Å². The molecule has 0 spiro atoms. The quantitative estimate of drug-likeness (QED) is 0.800. The first-order valence-corrected chi connectivity index (χ1v) is 10.5. The van der Waals surface area contributed by atoms with Crippen molar-refractivity contribution in [1.82, 2.24) is 0 Å². The van der Waals surface area contributed by atoms with Gasteiger partial charge in [-0.15, -0.1) is 0 Å². The summed E-state index contributed by atoms with van der Waals surface area (Å²) < 4.78 is 26.1. The molecule has 5 nitrogen and oxygen atoms in total. The molecule has 0 heterocycles. The van der Waals surface area contributed by atoms with Crippen LogP contribution in [0, 0.1) is 13.8 Å². The van der Waals surface area contributed by atoms with Crippen molar-refractivity contribution in [1.29, 1.82) is 0 Å². The Hall–Kier alpha value is -2.05. The smallest absolute Gasteiger partial charge is 0.248 e. The van der Waals surface area contributed by atoms with Gasteiger partial charge in [0, 0.05) is 10.7 Å². The Bertz CT molecular complexity index is 913. The zero-order valence-electron chi connectivity index (χ0n) is 15.3. The molecule has 0 aromatic heterocycles. The minimum atomic E-state index is -3.66. The summed E-state index contributed by atoms with van der Waals surface area (Å²) in [5.41, 5.74) is 3.01. The average molecular weight is 395 g/mol. The monoisotopic (exact) mass is 394 g/mol. The number of anilines is 2. The first kappa shape index (κ1) is 20.3. The van der Waals surface area contributed by atoms with Crippen molar-refractivity contribution in [2.45, 2.75) is 33.2 Å². The lowest BCUT2D eigenvalue weighted by atomic mass is 10.1. The second-order valence-corrected chi connectivity index (χ2v) is 8.55. The number of halogens is 1. The number of carbonyl (C=O) groups excluding carboxylic acids is 1. The molecule has 140 valence electrons. The lowest BCUT2D eigenvalue weighted by Crippen LogP contribution is -2.47. The van der Waals surface area contributed by atoms with E-state index >= 15 is 0 Å². The average Bonchev–Trinajstić information content (AvgIpc) is 2.54. The summed E-state index contributed by atoms with van der Waals surface area (Å²) in [5, 5.41) is 3.24. The van der Waals surface area contributed by atoms with E-state index in [1.165, 1.54) is 4.31 Å². The molecular weight excluding hydrogens is 372 g/mol. The van der Waals surface area contributed by atoms with Gasteiger partial charge in [-0.25, -0.2) is 8.42 Å². The summed E-state index contributed by atoms with van der Waals surface area (Å²) in [6, 6.07) is 11.2. The van der Waals surface area contributed by atoms with Gasteiger partial charge in [0.2, 0.25) is 15.9 Å². The summed E-state index contributed by atoms with van der Waals surface area (Å²) in [7, 11) is -3.66. The molecule has 0 bridgehead atoms. The largest absolute Gasteiger partial charge is 0.324 e. The molecule has 0 aliphatic rings. The van der Waals surface area contributed by atoms with Crippen molar-refractivity contribution in [3.63, 3.8) is 0 Å². The fraction of sp³-hybridized carbons (Fsp3) is 0.316. The fourth-order valence-corrected chi connectivity index (χ4v) is 4.11. The van der Waals surface area contributed by atoms with Gasteiger partial charge in [-0.2, -0.15) is 0 Å². The van der Waals surface area contributed by atoms with Gasteiger partial charge in [-0.05, 0) is 61.7 Å². The van der Waals surface area contributed by atoms with Crippen LogP contribution in [0.2, 0.25) is 5.02 Å². The SMILES string of the molecule is CCC(C(=O)Nc1cccc(Cl)c1)N(c1ccc(C)c(C)c1)S(C)(=O)=O. The second kappa shape index (κ2) is 8.10. The highest BCUT2D eigenvalue weighted by Gasteiger charge is 2.31.